The predicted molar refractivity (Wildman–Crippen MR) is 123 cm³/mol. The number of nitrogens with zero attached hydrogens (tertiary/aromatic N) is 3. The van der Waals surface area contributed by atoms with Gasteiger partial charge in [0.1, 0.15) is 5.03 Å². The molecule has 1 aliphatic heterocycles. The Morgan fingerprint density at radius 2 is 2.00 bits per heavy atom. The fraction of sp³-hybridized carbons (Fsp3) is 0.143. The molecule has 4 aromatic rings. The second kappa shape index (κ2) is 8.29. The highest BCUT2D eigenvalue weighted by Gasteiger charge is 2.21. The number of carbonyl (C=O) groups is 1. The number of amides is 1. The van der Waals surface area contributed by atoms with Crippen LogP contribution in [0.25, 0.3) is 22.0 Å². The molecule has 1 N–H and O–H groups in total. The smallest absolute Gasteiger partial charge is 0.262 e. The van der Waals surface area contributed by atoms with Crippen molar-refractivity contribution in [3.8, 4) is 33.5 Å². The van der Waals surface area contributed by atoms with Crippen LogP contribution < -0.4 is 14.8 Å². The Morgan fingerprint density at radius 3 is 2.81 bits per heavy atom. The van der Waals surface area contributed by atoms with Crippen LogP contribution in [0.5, 0.6) is 11.5 Å². The number of benzene rings is 1. The minimum absolute atomic E-state index is 0.224. The monoisotopic (exact) mass is 468 g/mol. The maximum absolute atomic E-state index is 13.0. The molecule has 0 spiro atoms. The fourth-order valence-electron chi connectivity index (χ4n) is 3.15. The number of rotatable bonds is 5. The summed E-state index contributed by atoms with van der Waals surface area (Å²) in [6, 6.07) is 9.59. The molecule has 1 amide bonds. The summed E-state index contributed by atoms with van der Waals surface area (Å²) in [7, 11) is 0. The summed E-state index contributed by atoms with van der Waals surface area (Å²) in [5.41, 5.74) is 2.75. The van der Waals surface area contributed by atoms with Gasteiger partial charge in [-0.05, 0) is 42.8 Å². The topological polar surface area (TPSA) is 86.2 Å². The van der Waals surface area contributed by atoms with E-state index in [1.54, 1.807) is 11.3 Å². The van der Waals surface area contributed by atoms with Gasteiger partial charge in [-0.15, -0.1) is 34.4 Å². The summed E-state index contributed by atoms with van der Waals surface area (Å²) in [5, 5.41) is 7.91. The summed E-state index contributed by atoms with van der Waals surface area (Å²) in [4.78, 5) is 27.7. The number of aryl methyl sites for hydroxylation is 1. The first-order valence-corrected chi connectivity index (χ1v) is 12.2. The Bertz CT molecular complexity index is 1270. The van der Waals surface area contributed by atoms with Crippen LogP contribution in [0.3, 0.4) is 0 Å². The van der Waals surface area contributed by atoms with Gasteiger partial charge in [0.2, 0.25) is 6.79 Å². The summed E-state index contributed by atoms with van der Waals surface area (Å²) in [6.07, 6.45) is 1.90. The summed E-state index contributed by atoms with van der Waals surface area (Å²) < 4.78 is 10.8. The van der Waals surface area contributed by atoms with Crippen molar-refractivity contribution in [2.24, 2.45) is 0 Å². The van der Waals surface area contributed by atoms with Gasteiger partial charge in [0.05, 0.1) is 21.8 Å². The molecule has 0 fully saturated rings. The number of fused-ring (bicyclic) bond motifs is 1. The second-order valence-corrected chi connectivity index (χ2v) is 9.16. The molecular weight excluding hydrogens is 452 g/mol. The van der Waals surface area contributed by atoms with E-state index in [9.17, 15) is 4.79 Å². The van der Waals surface area contributed by atoms with Crippen LogP contribution >= 0.6 is 34.4 Å². The maximum atomic E-state index is 13.0. The predicted octanol–water partition coefficient (Wildman–Crippen LogP) is 5.34. The molecule has 0 atom stereocenters. The van der Waals surface area contributed by atoms with Gasteiger partial charge in [0, 0.05) is 10.9 Å². The van der Waals surface area contributed by atoms with Crippen molar-refractivity contribution < 1.29 is 14.3 Å². The number of hydrogen-bond donors (Lipinski definition) is 1. The zero-order valence-corrected chi connectivity index (χ0v) is 19.0. The van der Waals surface area contributed by atoms with Crippen LogP contribution in [0, 0.1) is 6.92 Å². The number of aromatic nitrogens is 3. The molecule has 0 unspecified atom stereocenters. The van der Waals surface area contributed by atoms with Crippen LogP contribution in [0.2, 0.25) is 0 Å². The van der Waals surface area contributed by atoms with Crippen LogP contribution in [-0.2, 0) is 0 Å². The van der Waals surface area contributed by atoms with Crippen molar-refractivity contribution in [2.75, 3.05) is 18.4 Å². The first-order chi connectivity index (χ1) is 15.1. The number of hydrogen-bond acceptors (Lipinski definition) is 9. The van der Waals surface area contributed by atoms with E-state index >= 15 is 0 Å². The van der Waals surface area contributed by atoms with Gasteiger partial charge in [-0.3, -0.25) is 10.1 Å². The highest BCUT2D eigenvalue weighted by atomic mass is 32.2. The van der Waals surface area contributed by atoms with Crippen molar-refractivity contribution >= 4 is 45.5 Å². The normalized spacial score (nSPS) is 12.2. The standard InChI is InChI=1S/C21H16N4O3S3/c1-11-17(20(29-2)24-18(22-11)16-4-3-7-30-16)19(26)25-21-23-13(9-31-21)12-5-6-14-15(8-12)28-10-27-14/h3-9H,10H2,1-2H3,(H,23,25,26). The zero-order chi connectivity index (χ0) is 21.4. The number of thioether (sulfide) groups is 1. The molecule has 31 heavy (non-hydrogen) atoms. The van der Waals surface area contributed by atoms with E-state index in [4.69, 9.17) is 9.47 Å². The lowest BCUT2D eigenvalue weighted by atomic mass is 10.1. The van der Waals surface area contributed by atoms with E-state index in [1.165, 1.54) is 23.1 Å². The third kappa shape index (κ3) is 3.89. The van der Waals surface area contributed by atoms with E-state index in [0.717, 1.165) is 21.9 Å². The van der Waals surface area contributed by atoms with Gasteiger partial charge < -0.3 is 9.47 Å². The Balaban J connectivity index is 1.39. The van der Waals surface area contributed by atoms with E-state index in [-0.39, 0.29) is 12.7 Å². The van der Waals surface area contributed by atoms with Crippen LogP contribution in [0.1, 0.15) is 16.1 Å². The average Bonchev–Trinajstić information content (AvgIpc) is 3.53. The van der Waals surface area contributed by atoms with Gasteiger partial charge in [-0.25, -0.2) is 15.0 Å². The van der Waals surface area contributed by atoms with Gasteiger partial charge >= 0.3 is 0 Å². The van der Waals surface area contributed by atoms with Crippen LogP contribution in [-0.4, -0.2) is 33.9 Å². The molecule has 1 aromatic carbocycles. The first kappa shape index (κ1) is 20.0. The largest absolute Gasteiger partial charge is 0.454 e. The molecule has 0 radical (unpaired) electrons. The van der Waals surface area contributed by atoms with E-state index < -0.39 is 0 Å². The molecule has 0 saturated carbocycles. The fourth-order valence-corrected chi connectivity index (χ4v) is 5.15. The van der Waals surface area contributed by atoms with E-state index in [0.29, 0.717) is 33.0 Å². The minimum Gasteiger partial charge on any atom is -0.454 e. The molecular formula is C21H16N4O3S3. The SMILES string of the molecule is CSc1nc(-c2cccs2)nc(C)c1C(=O)Nc1nc(-c2ccc3c(c2)OCO3)cs1. The van der Waals surface area contributed by atoms with Crippen molar-refractivity contribution in [1.82, 2.24) is 15.0 Å². The van der Waals surface area contributed by atoms with E-state index in [2.05, 4.69) is 20.3 Å². The molecule has 0 saturated heterocycles. The summed E-state index contributed by atoms with van der Waals surface area (Å²) in [6.45, 7) is 2.05. The number of ether oxygens (including phenoxy) is 2. The Kier molecular flexibility index (Phi) is 5.34. The highest BCUT2D eigenvalue weighted by Crippen LogP contribution is 2.36. The lowest BCUT2D eigenvalue weighted by Crippen LogP contribution is -2.16. The maximum Gasteiger partial charge on any atom is 0.262 e. The minimum atomic E-state index is -0.272. The van der Waals surface area contributed by atoms with Gasteiger partial charge in [-0.2, -0.15) is 0 Å². The quantitative estimate of drug-likeness (QED) is 0.312. The lowest BCUT2D eigenvalue weighted by Gasteiger charge is -2.10. The summed E-state index contributed by atoms with van der Waals surface area (Å²) >= 11 is 4.35. The Labute approximate surface area is 190 Å². The lowest BCUT2D eigenvalue weighted by molar-refractivity contribution is 0.102. The van der Waals surface area contributed by atoms with Crippen LogP contribution in [0.15, 0.2) is 46.1 Å². The van der Waals surface area contributed by atoms with E-state index in [1.807, 2.05) is 54.3 Å². The van der Waals surface area contributed by atoms with Crippen molar-refractivity contribution in [3.63, 3.8) is 0 Å². The number of anilines is 1. The molecule has 10 heteroatoms. The molecule has 4 heterocycles. The van der Waals surface area contributed by atoms with Gasteiger partial charge in [0.25, 0.3) is 5.91 Å². The molecule has 156 valence electrons. The van der Waals surface area contributed by atoms with Gasteiger partial charge in [0.15, 0.2) is 22.5 Å². The van der Waals surface area contributed by atoms with Crippen molar-refractivity contribution in [3.05, 3.63) is 52.3 Å². The molecule has 7 nitrogen and oxygen atoms in total. The van der Waals surface area contributed by atoms with Crippen LogP contribution in [0.4, 0.5) is 5.13 Å². The third-order valence-electron chi connectivity index (χ3n) is 4.61. The number of nitrogens with one attached hydrogen (secondary N) is 1. The number of thiazole rings is 1. The number of carbonyl (C=O) groups excluding carboxylic acids is 1. The highest BCUT2D eigenvalue weighted by molar-refractivity contribution is 7.98. The summed E-state index contributed by atoms with van der Waals surface area (Å²) in [5.74, 6) is 1.77. The van der Waals surface area contributed by atoms with Crippen molar-refractivity contribution in [2.45, 2.75) is 11.9 Å². The number of thiophene rings is 1. The average molecular weight is 469 g/mol. The third-order valence-corrected chi connectivity index (χ3v) is 6.92. The second-order valence-electron chi connectivity index (χ2n) is 6.55. The Morgan fingerprint density at radius 1 is 1.13 bits per heavy atom. The first-order valence-electron chi connectivity index (χ1n) is 9.26. The Hall–Kier alpha value is -2.95. The molecule has 0 bridgehead atoms. The molecule has 0 aliphatic carbocycles. The van der Waals surface area contributed by atoms with Gasteiger partial charge in [-0.1, -0.05) is 6.07 Å². The zero-order valence-electron chi connectivity index (χ0n) is 16.5. The molecule has 1 aliphatic rings. The molecule has 5 rings (SSSR count). The molecule has 3 aromatic heterocycles. The van der Waals surface area contributed by atoms with Crippen molar-refractivity contribution in [1.29, 1.82) is 0 Å².